The number of hydrogen-bond acceptors (Lipinski definition) is 2. The molecule has 3 nitrogen and oxygen atoms in total. The first-order valence-corrected chi connectivity index (χ1v) is 8.02. The number of benzene rings is 1. The Labute approximate surface area is 123 Å². The van der Waals surface area contributed by atoms with Gasteiger partial charge in [0.25, 0.3) is 0 Å². The highest BCUT2D eigenvalue weighted by Gasteiger charge is 2.19. The van der Waals surface area contributed by atoms with E-state index < -0.39 is 0 Å². The van der Waals surface area contributed by atoms with Crippen LogP contribution in [0.2, 0.25) is 0 Å². The van der Waals surface area contributed by atoms with E-state index in [1.54, 1.807) is 0 Å². The van der Waals surface area contributed by atoms with E-state index in [1.807, 2.05) is 4.90 Å². The van der Waals surface area contributed by atoms with Gasteiger partial charge in [-0.1, -0.05) is 46.3 Å². The van der Waals surface area contributed by atoms with Crippen molar-refractivity contribution in [2.45, 2.75) is 12.8 Å². The molecule has 0 atom stereocenters. The summed E-state index contributed by atoms with van der Waals surface area (Å²) < 4.78 is 0. The number of aryl methyl sites for hydroxylation is 1. The van der Waals surface area contributed by atoms with Gasteiger partial charge in [0.1, 0.15) is 0 Å². The lowest BCUT2D eigenvalue weighted by Crippen LogP contribution is -2.49. The highest BCUT2D eigenvalue weighted by molar-refractivity contribution is 9.09. The lowest BCUT2D eigenvalue weighted by Gasteiger charge is -2.34. The topological polar surface area (TPSA) is 23.6 Å². The summed E-state index contributed by atoms with van der Waals surface area (Å²) in [6.45, 7) is 4.89. The molecule has 1 heterocycles. The smallest absolute Gasteiger partial charge is 0.233 e. The van der Waals surface area contributed by atoms with Gasteiger partial charge in [-0.25, -0.2) is 0 Å². The Kier molecular flexibility index (Phi) is 5.86. The fraction of sp³-hybridized carbons (Fsp3) is 0.533. The van der Waals surface area contributed by atoms with Gasteiger partial charge in [-0.05, 0) is 24.9 Å². The van der Waals surface area contributed by atoms with Gasteiger partial charge in [-0.3, -0.25) is 9.69 Å². The van der Waals surface area contributed by atoms with Gasteiger partial charge < -0.3 is 4.90 Å². The fourth-order valence-electron chi connectivity index (χ4n) is 2.46. The molecule has 2 rings (SSSR count). The Hall–Kier alpha value is -0.870. The largest absolute Gasteiger partial charge is 0.339 e. The molecule has 1 aromatic rings. The van der Waals surface area contributed by atoms with Crippen molar-refractivity contribution in [2.75, 3.05) is 38.1 Å². The monoisotopic (exact) mass is 324 g/mol. The van der Waals surface area contributed by atoms with E-state index in [2.05, 4.69) is 51.2 Å². The van der Waals surface area contributed by atoms with E-state index >= 15 is 0 Å². The van der Waals surface area contributed by atoms with E-state index in [-0.39, 0.29) is 5.91 Å². The minimum atomic E-state index is 0.212. The van der Waals surface area contributed by atoms with Crippen LogP contribution in [0.25, 0.3) is 0 Å². The standard InChI is InChI=1S/C15H21BrN2O/c16-13-15(19)18-11-9-17(10-12-18)8-4-7-14-5-2-1-3-6-14/h1-3,5-6H,4,7-13H2. The summed E-state index contributed by atoms with van der Waals surface area (Å²) in [4.78, 5) is 15.9. The lowest BCUT2D eigenvalue weighted by molar-refractivity contribution is -0.129. The number of carbonyl (C=O) groups excluding carboxylic acids is 1. The van der Waals surface area contributed by atoms with Crippen LogP contribution in [0.3, 0.4) is 0 Å². The number of rotatable bonds is 5. The van der Waals surface area contributed by atoms with E-state index in [0.29, 0.717) is 5.33 Å². The van der Waals surface area contributed by atoms with Crippen molar-refractivity contribution in [3.05, 3.63) is 35.9 Å². The van der Waals surface area contributed by atoms with Gasteiger partial charge in [0.2, 0.25) is 5.91 Å². The summed E-state index contributed by atoms with van der Waals surface area (Å²) in [5.41, 5.74) is 1.41. The summed E-state index contributed by atoms with van der Waals surface area (Å²) in [5, 5.41) is 0.445. The van der Waals surface area contributed by atoms with Crippen LogP contribution in [0.4, 0.5) is 0 Å². The number of nitrogens with zero attached hydrogens (tertiary/aromatic N) is 2. The molecule has 19 heavy (non-hydrogen) atoms. The number of halogens is 1. The van der Waals surface area contributed by atoms with Gasteiger partial charge in [0, 0.05) is 26.2 Å². The van der Waals surface area contributed by atoms with Crippen molar-refractivity contribution in [1.82, 2.24) is 9.80 Å². The maximum atomic E-state index is 11.5. The maximum absolute atomic E-state index is 11.5. The molecule has 1 aromatic carbocycles. The maximum Gasteiger partial charge on any atom is 0.233 e. The van der Waals surface area contributed by atoms with Gasteiger partial charge in [0.05, 0.1) is 5.33 Å². The Morgan fingerprint density at radius 3 is 2.42 bits per heavy atom. The normalized spacial score (nSPS) is 16.6. The van der Waals surface area contributed by atoms with Crippen LogP contribution < -0.4 is 0 Å². The molecule has 1 amide bonds. The predicted molar refractivity (Wildman–Crippen MR) is 81.6 cm³/mol. The average molecular weight is 325 g/mol. The van der Waals surface area contributed by atoms with E-state index in [9.17, 15) is 4.79 Å². The first-order chi connectivity index (χ1) is 9.29. The van der Waals surface area contributed by atoms with Gasteiger partial charge >= 0.3 is 0 Å². The molecule has 0 spiro atoms. The molecule has 0 N–H and O–H groups in total. The molecule has 0 aromatic heterocycles. The van der Waals surface area contributed by atoms with E-state index in [0.717, 1.165) is 39.1 Å². The summed E-state index contributed by atoms with van der Waals surface area (Å²) in [6, 6.07) is 10.6. The van der Waals surface area contributed by atoms with Crippen molar-refractivity contribution in [3.8, 4) is 0 Å². The van der Waals surface area contributed by atoms with Crippen molar-refractivity contribution >= 4 is 21.8 Å². The Bertz CT molecular complexity index is 388. The molecule has 1 aliphatic rings. The Balaban J connectivity index is 1.65. The highest BCUT2D eigenvalue weighted by Crippen LogP contribution is 2.07. The quantitative estimate of drug-likeness (QED) is 0.775. The second-order valence-corrected chi connectivity index (χ2v) is 5.51. The van der Waals surface area contributed by atoms with Crippen LogP contribution in [0.5, 0.6) is 0 Å². The van der Waals surface area contributed by atoms with Crippen molar-refractivity contribution in [2.24, 2.45) is 0 Å². The molecule has 0 unspecified atom stereocenters. The third-order valence-corrected chi connectivity index (χ3v) is 4.10. The summed E-state index contributed by atoms with van der Waals surface area (Å²) in [5.74, 6) is 0.212. The van der Waals surface area contributed by atoms with E-state index in [4.69, 9.17) is 0 Å². The van der Waals surface area contributed by atoms with Crippen LogP contribution >= 0.6 is 15.9 Å². The lowest BCUT2D eigenvalue weighted by atomic mass is 10.1. The van der Waals surface area contributed by atoms with Crippen molar-refractivity contribution in [3.63, 3.8) is 0 Å². The number of amides is 1. The highest BCUT2D eigenvalue weighted by atomic mass is 79.9. The molecular weight excluding hydrogens is 304 g/mol. The Morgan fingerprint density at radius 2 is 1.79 bits per heavy atom. The molecule has 1 saturated heterocycles. The zero-order valence-corrected chi connectivity index (χ0v) is 12.8. The second kappa shape index (κ2) is 7.65. The third kappa shape index (κ3) is 4.62. The molecule has 0 bridgehead atoms. The van der Waals surface area contributed by atoms with E-state index in [1.165, 1.54) is 12.0 Å². The summed E-state index contributed by atoms with van der Waals surface area (Å²) in [7, 11) is 0. The Morgan fingerprint density at radius 1 is 1.11 bits per heavy atom. The minimum Gasteiger partial charge on any atom is -0.339 e. The van der Waals surface area contributed by atoms with Crippen LogP contribution in [0.15, 0.2) is 30.3 Å². The summed E-state index contributed by atoms with van der Waals surface area (Å²) >= 11 is 3.23. The minimum absolute atomic E-state index is 0.212. The SMILES string of the molecule is O=C(CBr)N1CCN(CCCc2ccccc2)CC1. The zero-order valence-electron chi connectivity index (χ0n) is 11.2. The van der Waals surface area contributed by atoms with Gasteiger partial charge in [0.15, 0.2) is 0 Å². The fourth-order valence-corrected chi connectivity index (χ4v) is 2.81. The first kappa shape index (κ1) is 14.5. The molecule has 0 saturated carbocycles. The van der Waals surface area contributed by atoms with Crippen LogP contribution in [-0.2, 0) is 11.2 Å². The van der Waals surface area contributed by atoms with Crippen LogP contribution in [-0.4, -0.2) is 53.8 Å². The molecule has 1 aliphatic heterocycles. The molecule has 104 valence electrons. The van der Waals surface area contributed by atoms with Crippen molar-refractivity contribution in [1.29, 1.82) is 0 Å². The van der Waals surface area contributed by atoms with Gasteiger partial charge in [-0.15, -0.1) is 0 Å². The second-order valence-electron chi connectivity index (χ2n) is 4.95. The third-order valence-electron chi connectivity index (χ3n) is 3.62. The van der Waals surface area contributed by atoms with Crippen LogP contribution in [0.1, 0.15) is 12.0 Å². The zero-order chi connectivity index (χ0) is 13.5. The number of carbonyl (C=O) groups is 1. The van der Waals surface area contributed by atoms with Crippen LogP contribution in [0, 0.1) is 0 Å². The van der Waals surface area contributed by atoms with Crippen molar-refractivity contribution < 1.29 is 4.79 Å². The molecule has 1 fully saturated rings. The first-order valence-electron chi connectivity index (χ1n) is 6.89. The molecule has 0 aliphatic carbocycles. The number of piperazine rings is 1. The average Bonchev–Trinajstić information content (AvgIpc) is 2.48. The van der Waals surface area contributed by atoms with Gasteiger partial charge in [-0.2, -0.15) is 0 Å². The summed E-state index contributed by atoms with van der Waals surface area (Å²) in [6.07, 6.45) is 2.33. The predicted octanol–water partition coefficient (Wildman–Crippen LogP) is 2.16. The number of alkyl halides is 1. The molecular formula is C15H21BrN2O. The number of hydrogen-bond donors (Lipinski definition) is 0. The molecule has 4 heteroatoms. The molecule has 0 radical (unpaired) electrons.